The molecule has 1 rings (SSSR count). The number of esters is 2. The third kappa shape index (κ3) is 28.3. The predicted molar refractivity (Wildman–Crippen MR) is 194 cm³/mol. The first kappa shape index (κ1) is 46.0. The minimum absolute atomic E-state index is 0.196. The van der Waals surface area contributed by atoms with Gasteiger partial charge in [-0.3, -0.25) is 18.6 Å². The van der Waals surface area contributed by atoms with Gasteiger partial charge in [-0.25, -0.2) is 4.57 Å². The van der Waals surface area contributed by atoms with Gasteiger partial charge in [0.25, 0.3) is 0 Å². The maximum absolute atomic E-state index is 12.6. The molecule has 3 N–H and O–H groups in total. The quantitative estimate of drug-likeness (QED) is 0.0325. The first-order valence-corrected chi connectivity index (χ1v) is 21.5. The third-order valence-corrected chi connectivity index (χ3v) is 10.4. The first-order valence-electron chi connectivity index (χ1n) is 20.0. The van der Waals surface area contributed by atoms with E-state index >= 15 is 0 Å². The lowest BCUT2D eigenvalue weighted by atomic mass is 10.0. The van der Waals surface area contributed by atoms with Crippen LogP contribution < -0.4 is 0 Å². The smallest absolute Gasteiger partial charge is 0.462 e. The number of hydrogen-bond acceptors (Lipinski definition) is 9. The maximum Gasteiger partial charge on any atom is 0.472 e. The minimum Gasteiger partial charge on any atom is -0.462 e. The Kier molecular flexibility index (Phi) is 28.7. The number of aliphatic hydroxyl groups excluding tert-OH is 2. The molecular weight excluding hydrogens is 647 g/mol. The zero-order chi connectivity index (χ0) is 36.0. The Morgan fingerprint density at radius 1 is 0.633 bits per heavy atom. The van der Waals surface area contributed by atoms with E-state index in [0.29, 0.717) is 12.8 Å². The van der Waals surface area contributed by atoms with Gasteiger partial charge in [0.2, 0.25) is 0 Å². The van der Waals surface area contributed by atoms with E-state index in [1.165, 1.54) is 103 Å². The molecule has 0 aliphatic heterocycles. The number of phosphoric ester groups is 1. The molecule has 0 aromatic carbocycles. The van der Waals surface area contributed by atoms with Crippen molar-refractivity contribution in [3.63, 3.8) is 0 Å². The number of rotatable bonds is 36. The third-order valence-electron chi connectivity index (χ3n) is 9.48. The summed E-state index contributed by atoms with van der Waals surface area (Å²) in [5.41, 5.74) is 0. The Hall–Kier alpha value is -1.03. The molecule has 11 heteroatoms. The number of phosphoric acid groups is 1. The van der Waals surface area contributed by atoms with Crippen molar-refractivity contribution in [3.8, 4) is 0 Å². The molecule has 5 atom stereocenters. The summed E-state index contributed by atoms with van der Waals surface area (Å²) in [5.74, 6) is 0.972. The van der Waals surface area contributed by atoms with E-state index in [9.17, 15) is 24.2 Å². The first-order chi connectivity index (χ1) is 23.7. The molecular formula is C38H73O10P. The molecule has 1 aliphatic carbocycles. The summed E-state index contributed by atoms with van der Waals surface area (Å²) in [6, 6.07) is 0. The highest BCUT2D eigenvalue weighted by atomic mass is 31.2. The van der Waals surface area contributed by atoms with Gasteiger partial charge >= 0.3 is 19.8 Å². The second kappa shape index (κ2) is 30.6. The second-order valence-electron chi connectivity index (χ2n) is 14.2. The molecule has 0 aromatic heterocycles. The SMILES string of the molecule is CCCCCCCCCCCCCCC(=O)OC[C@H](COP(=O)(O)OC[C@@H](O)CO)OC(=O)CCCCCCC[C@@H]1C[C@@H]1CCCCCC. The Bertz CT molecular complexity index is 856. The molecule has 1 unspecified atom stereocenters. The van der Waals surface area contributed by atoms with Gasteiger partial charge in [-0.2, -0.15) is 0 Å². The van der Waals surface area contributed by atoms with Crippen molar-refractivity contribution in [2.24, 2.45) is 11.8 Å². The second-order valence-corrected chi connectivity index (χ2v) is 15.7. The Balaban J connectivity index is 2.28. The van der Waals surface area contributed by atoms with Crippen LogP contribution in [0.15, 0.2) is 0 Å². The van der Waals surface area contributed by atoms with Gasteiger partial charge < -0.3 is 24.6 Å². The molecule has 0 amide bonds. The van der Waals surface area contributed by atoms with Gasteiger partial charge in [-0.05, 0) is 31.1 Å². The molecule has 0 bridgehead atoms. The fraction of sp³-hybridized carbons (Fsp3) is 0.947. The van der Waals surface area contributed by atoms with Crippen LogP contribution in [0.3, 0.4) is 0 Å². The van der Waals surface area contributed by atoms with E-state index in [-0.39, 0.29) is 19.4 Å². The van der Waals surface area contributed by atoms with Crippen LogP contribution in [0, 0.1) is 11.8 Å². The Labute approximate surface area is 298 Å². The highest BCUT2D eigenvalue weighted by Gasteiger charge is 2.35. The monoisotopic (exact) mass is 720 g/mol. The molecule has 290 valence electrons. The van der Waals surface area contributed by atoms with Crippen LogP contribution in [0.25, 0.3) is 0 Å². The van der Waals surface area contributed by atoms with Gasteiger partial charge in [0.15, 0.2) is 6.10 Å². The lowest BCUT2D eigenvalue weighted by molar-refractivity contribution is -0.161. The van der Waals surface area contributed by atoms with E-state index in [2.05, 4.69) is 18.4 Å². The fourth-order valence-corrected chi connectivity index (χ4v) is 7.02. The molecule has 0 radical (unpaired) electrons. The minimum atomic E-state index is -4.60. The number of carbonyl (C=O) groups excluding carboxylic acids is 2. The number of aliphatic hydroxyl groups is 2. The highest BCUT2D eigenvalue weighted by Crippen LogP contribution is 2.46. The van der Waals surface area contributed by atoms with Gasteiger partial charge in [-0.1, -0.05) is 149 Å². The summed E-state index contributed by atoms with van der Waals surface area (Å²) in [6.45, 7) is 2.40. The topological polar surface area (TPSA) is 149 Å². The summed E-state index contributed by atoms with van der Waals surface area (Å²) in [5, 5.41) is 18.3. The number of unbranched alkanes of at least 4 members (excludes halogenated alkanes) is 18. The zero-order valence-electron chi connectivity index (χ0n) is 31.2. The normalized spacial score (nSPS) is 18.1. The molecule has 49 heavy (non-hydrogen) atoms. The van der Waals surface area contributed by atoms with Crippen LogP contribution >= 0.6 is 7.82 Å². The summed E-state index contributed by atoms with van der Waals surface area (Å²) >= 11 is 0. The molecule has 0 aromatic rings. The van der Waals surface area contributed by atoms with Crippen molar-refractivity contribution < 1.29 is 47.8 Å². The lowest BCUT2D eigenvalue weighted by Crippen LogP contribution is -2.29. The van der Waals surface area contributed by atoms with Crippen molar-refractivity contribution in [3.05, 3.63) is 0 Å². The molecule has 0 spiro atoms. The number of hydrogen-bond donors (Lipinski definition) is 3. The molecule has 0 saturated heterocycles. The van der Waals surface area contributed by atoms with Crippen molar-refractivity contribution in [2.75, 3.05) is 26.4 Å². The predicted octanol–water partition coefficient (Wildman–Crippen LogP) is 9.36. The largest absolute Gasteiger partial charge is 0.472 e. The van der Waals surface area contributed by atoms with E-state index in [1.54, 1.807) is 0 Å². The van der Waals surface area contributed by atoms with Crippen molar-refractivity contribution in [1.29, 1.82) is 0 Å². The van der Waals surface area contributed by atoms with Crippen LogP contribution in [-0.4, -0.2) is 65.7 Å². The van der Waals surface area contributed by atoms with Crippen molar-refractivity contribution in [2.45, 2.75) is 193 Å². The number of carbonyl (C=O) groups is 2. The summed E-state index contributed by atoms with van der Waals surface area (Å²) in [4.78, 5) is 34.9. The van der Waals surface area contributed by atoms with E-state index in [1.807, 2.05) is 0 Å². The summed E-state index contributed by atoms with van der Waals surface area (Å²) in [6.07, 6.45) is 26.9. The van der Waals surface area contributed by atoms with Gasteiger partial charge in [0.05, 0.1) is 19.8 Å². The van der Waals surface area contributed by atoms with Crippen LogP contribution in [-0.2, 0) is 32.7 Å². The summed E-state index contributed by atoms with van der Waals surface area (Å²) in [7, 11) is -4.60. The van der Waals surface area contributed by atoms with Crippen LogP contribution in [0.2, 0.25) is 0 Å². The van der Waals surface area contributed by atoms with Gasteiger partial charge in [0, 0.05) is 12.8 Å². The van der Waals surface area contributed by atoms with E-state index < -0.39 is 51.8 Å². The zero-order valence-corrected chi connectivity index (χ0v) is 32.1. The molecule has 1 fully saturated rings. The molecule has 1 saturated carbocycles. The van der Waals surface area contributed by atoms with Gasteiger partial charge in [0.1, 0.15) is 12.7 Å². The van der Waals surface area contributed by atoms with Gasteiger partial charge in [-0.15, -0.1) is 0 Å². The highest BCUT2D eigenvalue weighted by molar-refractivity contribution is 7.47. The standard InChI is InChI=1S/C38H73O10P/c1-3-5-7-9-10-11-12-13-14-15-18-22-26-37(41)45-31-36(32-47-49(43,44)46-30-35(40)29-39)48-38(42)27-23-19-16-17-21-25-34-28-33(34)24-20-8-6-4-2/h33-36,39-40H,3-32H2,1-2H3,(H,43,44)/t33-,34+,35-,36+/m0/s1. The average Bonchev–Trinajstić information content (AvgIpc) is 3.84. The van der Waals surface area contributed by atoms with E-state index in [0.717, 1.165) is 50.4 Å². The van der Waals surface area contributed by atoms with Crippen molar-refractivity contribution in [1.82, 2.24) is 0 Å². The van der Waals surface area contributed by atoms with Crippen LogP contribution in [0.1, 0.15) is 181 Å². The van der Waals surface area contributed by atoms with Crippen LogP contribution in [0.4, 0.5) is 0 Å². The molecule has 10 nitrogen and oxygen atoms in total. The molecule has 0 heterocycles. The summed E-state index contributed by atoms with van der Waals surface area (Å²) < 4.78 is 32.7. The van der Waals surface area contributed by atoms with Crippen molar-refractivity contribution >= 4 is 19.8 Å². The lowest BCUT2D eigenvalue weighted by Gasteiger charge is -2.20. The average molecular weight is 721 g/mol. The Morgan fingerprint density at radius 3 is 1.57 bits per heavy atom. The maximum atomic E-state index is 12.6. The Morgan fingerprint density at radius 2 is 1.06 bits per heavy atom. The molecule has 1 aliphatic rings. The van der Waals surface area contributed by atoms with Crippen LogP contribution in [0.5, 0.6) is 0 Å². The number of ether oxygens (including phenoxy) is 2. The fourth-order valence-electron chi connectivity index (χ4n) is 6.23. The van der Waals surface area contributed by atoms with E-state index in [4.69, 9.17) is 19.1 Å².